The summed E-state index contributed by atoms with van der Waals surface area (Å²) >= 11 is 0. The van der Waals surface area contributed by atoms with Gasteiger partial charge >= 0.3 is 23.9 Å². The van der Waals surface area contributed by atoms with Gasteiger partial charge in [-0.1, -0.05) is 62.1 Å². The number of hydrogen-bond donors (Lipinski definition) is 2. The first-order valence-electron chi connectivity index (χ1n) is 16.2. The Balaban J connectivity index is 0.000000271. The minimum Gasteiger partial charge on any atom is -0.508 e. The number of carbonyl (C=O) groups excluding carboxylic acids is 4. The lowest BCUT2D eigenvalue weighted by Crippen LogP contribution is -2.11. The second kappa shape index (κ2) is 22.0. The molecule has 0 saturated carbocycles. The average molecular weight is 671 g/mol. The molecule has 0 spiro atoms. The highest BCUT2D eigenvalue weighted by molar-refractivity contribution is 5.90. The molecule has 0 saturated heterocycles. The molecule has 49 heavy (non-hydrogen) atoms. The summed E-state index contributed by atoms with van der Waals surface area (Å²) in [5.74, 6) is -1.30. The SMILES string of the molecule is O=C(OCCCCCCCCOC(=O)c1ccc(O)cc1)c1ccccc1.O=C(OCCCOC(=O)c1ccc(O)cc1)c1ccccc1. The zero-order valence-electron chi connectivity index (χ0n) is 27.3. The Morgan fingerprint density at radius 2 is 0.612 bits per heavy atom. The minimum absolute atomic E-state index is 0.0874. The van der Waals surface area contributed by atoms with E-state index in [0.717, 1.165) is 38.5 Å². The van der Waals surface area contributed by atoms with Crippen LogP contribution in [0.5, 0.6) is 11.5 Å². The van der Waals surface area contributed by atoms with Crippen LogP contribution < -0.4 is 0 Å². The Bertz CT molecular complexity index is 1550. The Morgan fingerprint density at radius 3 is 0.939 bits per heavy atom. The quantitative estimate of drug-likeness (QED) is 0.0656. The van der Waals surface area contributed by atoms with Crippen molar-refractivity contribution in [2.75, 3.05) is 26.4 Å². The van der Waals surface area contributed by atoms with E-state index in [1.54, 1.807) is 48.5 Å². The van der Waals surface area contributed by atoms with Crippen molar-refractivity contribution in [2.45, 2.75) is 44.9 Å². The summed E-state index contributed by atoms with van der Waals surface area (Å²) in [6.07, 6.45) is 6.23. The fraction of sp³-hybridized carbons (Fsp3) is 0.282. The van der Waals surface area contributed by atoms with Gasteiger partial charge in [-0.05, 0) is 85.6 Å². The molecule has 0 aromatic heterocycles. The predicted molar refractivity (Wildman–Crippen MR) is 183 cm³/mol. The Hall–Kier alpha value is -5.64. The lowest BCUT2D eigenvalue weighted by atomic mass is 10.1. The van der Waals surface area contributed by atoms with Gasteiger partial charge in [0, 0.05) is 6.42 Å². The van der Waals surface area contributed by atoms with Crippen LogP contribution in [-0.2, 0) is 18.9 Å². The minimum atomic E-state index is -0.477. The summed E-state index contributed by atoms with van der Waals surface area (Å²) in [7, 11) is 0. The summed E-state index contributed by atoms with van der Waals surface area (Å²) in [6.45, 7) is 1.17. The number of phenolic OH excluding ortho intramolecular Hbond substituents is 2. The molecule has 4 aromatic rings. The van der Waals surface area contributed by atoms with Crippen LogP contribution in [0.15, 0.2) is 109 Å². The van der Waals surface area contributed by atoms with Gasteiger partial charge in [-0.25, -0.2) is 19.2 Å². The van der Waals surface area contributed by atoms with Gasteiger partial charge in [0.1, 0.15) is 11.5 Å². The molecule has 0 aliphatic carbocycles. The largest absolute Gasteiger partial charge is 0.508 e. The van der Waals surface area contributed by atoms with Crippen LogP contribution >= 0.6 is 0 Å². The molecule has 0 amide bonds. The van der Waals surface area contributed by atoms with Gasteiger partial charge in [0.25, 0.3) is 0 Å². The molecule has 0 heterocycles. The number of benzene rings is 4. The molecule has 4 aromatic carbocycles. The van der Waals surface area contributed by atoms with E-state index in [0.29, 0.717) is 41.9 Å². The third-order valence-electron chi connectivity index (χ3n) is 6.98. The lowest BCUT2D eigenvalue weighted by Gasteiger charge is -2.06. The normalized spacial score (nSPS) is 10.2. The molecule has 0 atom stereocenters. The molecular weight excluding hydrogens is 628 g/mol. The van der Waals surface area contributed by atoms with Crippen molar-refractivity contribution in [3.05, 3.63) is 131 Å². The van der Waals surface area contributed by atoms with Crippen molar-refractivity contribution in [3.8, 4) is 11.5 Å². The summed E-state index contributed by atoms with van der Waals surface area (Å²) in [5.41, 5.74) is 1.87. The van der Waals surface area contributed by atoms with Gasteiger partial charge < -0.3 is 29.2 Å². The number of hydrogen-bond acceptors (Lipinski definition) is 10. The van der Waals surface area contributed by atoms with Gasteiger partial charge in [-0.2, -0.15) is 0 Å². The molecule has 10 heteroatoms. The molecule has 0 aliphatic heterocycles. The monoisotopic (exact) mass is 670 g/mol. The lowest BCUT2D eigenvalue weighted by molar-refractivity contribution is 0.0393. The molecule has 0 radical (unpaired) electrons. The number of esters is 4. The van der Waals surface area contributed by atoms with Crippen LogP contribution in [0.25, 0.3) is 0 Å². The number of carbonyl (C=O) groups is 4. The highest BCUT2D eigenvalue weighted by Crippen LogP contribution is 2.13. The summed E-state index contributed by atoms with van der Waals surface area (Å²) in [6, 6.07) is 29.5. The van der Waals surface area contributed by atoms with Crippen molar-refractivity contribution >= 4 is 23.9 Å². The second-order valence-corrected chi connectivity index (χ2v) is 10.8. The molecule has 0 unspecified atom stereocenters. The van der Waals surface area contributed by atoms with Crippen molar-refractivity contribution < 1.29 is 48.3 Å². The van der Waals surface area contributed by atoms with E-state index in [9.17, 15) is 24.3 Å². The fourth-order valence-electron chi connectivity index (χ4n) is 4.31. The van der Waals surface area contributed by atoms with Crippen LogP contribution in [-0.4, -0.2) is 60.5 Å². The molecule has 10 nitrogen and oxygen atoms in total. The topological polar surface area (TPSA) is 146 Å². The Labute approximate surface area is 286 Å². The first kappa shape index (κ1) is 37.8. The third-order valence-corrected chi connectivity index (χ3v) is 6.98. The van der Waals surface area contributed by atoms with Crippen molar-refractivity contribution in [1.82, 2.24) is 0 Å². The number of rotatable bonds is 17. The van der Waals surface area contributed by atoms with E-state index in [1.165, 1.54) is 36.4 Å². The number of ether oxygens (including phenoxy) is 4. The van der Waals surface area contributed by atoms with Crippen LogP contribution in [0.4, 0.5) is 0 Å². The Morgan fingerprint density at radius 1 is 0.347 bits per heavy atom. The van der Waals surface area contributed by atoms with Crippen LogP contribution in [0.1, 0.15) is 86.4 Å². The van der Waals surface area contributed by atoms with E-state index in [4.69, 9.17) is 24.1 Å². The fourth-order valence-corrected chi connectivity index (χ4v) is 4.31. The van der Waals surface area contributed by atoms with E-state index < -0.39 is 11.9 Å². The zero-order valence-corrected chi connectivity index (χ0v) is 27.3. The average Bonchev–Trinajstić information content (AvgIpc) is 3.13. The Kier molecular flexibility index (Phi) is 17.0. The van der Waals surface area contributed by atoms with E-state index in [1.807, 2.05) is 24.3 Å². The van der Waals surface area contributed by atoms with Gasteiger partial charge in [-0.15, -0.1) is 0 Å². The molecular formula is C39H42O10. The summed E-state index contributed by atoms with van der Waals surface area (Å²) < 4.78 is 20.6. The van der Waals surface area contributed by atoms with Crippen molar-refractivity contribution in [2.24, 2.45) is 0 Å². The van der Waals surface area contributed by atoms with Crippen molar-refractivity contribution in [1.29, 1.82) is 0 Å². The zero-order chi connectivity index (χ0) is 35.1. The van der Waals surface area contributed by atoms with E-state index in [-0.39, 0.29) is 36.7 Å². The van der Waals surface area contributed by atoms with Crippen LogP contribution in [0.2, 0.25) is 0 Å². The highest BCUT2D eigenvalue weighted by Gasteiger charge is 2.09. The standard InChI is InChI=1S/C22H26O5.C17H16O5/c23-20-14-12-19(13-15-20)22(25)27-17-9-4-2-1-3-8-16-26-21(24)18-10-6-5-7-11-18;18-15-9-7-14(8-10-15)17(20)22-12-4-11-21-16(19)13-5-2-1-3-6-13/h5-7,10-15,23H,1-4,8-9,16-17H2;1-3,5-10,18H,4,11-12H2. The van der Waals surface area contributed by atoms with Crippen molar-refractivity contribution in [3.63, 3.8) is 0 Å². The number of phenols is 2. The summed E-state index contributed by atoms with van der Waals surface area (Å²) in [5, 5.41) is 18.3. The van der Waals surface area contributed by atoms with E-state index >= 15 is 0 Å². The third kappa shape index (κ3) is 15.2. The van der Waals surface area contributed by atoms with Gasteiger partial charge in [0.15, 0.2) is 0 Å². The van der Waals surface area contributed by atoms with Gasteiger partial charge in [0.2, 0.25) is 0 Å². The molecule has 258 valence electrons. The van der Waals surface area contributed by atoms with Crippen LogP contribution in [0.3, 0.4) is 0 Å². The molecule has 4 rings (SSSR count). The maximum atomic E-state index is 11.8. The molecule has 0 fully saturated rings. The molecule has 2 N–H and O–H groups in total. The number of aromatic hydroxyl groups is 2. The molecule has 0 aliphatic rings. The van der Waals surface area contributed by atoms with Gasteiger partial charge in [0.05, 0.1) is 48.7 Å². The van der Waals surface area contributed by atoms with E-state index in [2.05, 4.69) is 0 Å². The highest BCUT2D eigenvalue weighted by atomic mass is 16.5. The predicted octanol–water partition coefficient (Wildman–Crippen LogP) is 7.54. The second-order valence-electron chi connectivity index (χ2n) is 10.8. The van der Waals surface area contributed by atoms with Crippen LogP contribution in [0, 0.1) is 0 Å². The summed E-state index contributed by atoms with van der Waals surface area (Å²) in [4.78, 5) is 46.8. The van der Waals surface area contributed by atoms with Gasteiger partial charge in [-0.3, -0.25) is 0 Å². The maximum Gasteiger partial charge on any atom is 0.338 e. The first-order chi connectivity index (χ1) is 23.8. The number of unbranched alkanes of at least 4 members (excludes halogenated alkanes) is 5. The first-order valence-corrected chi connectivity index (χ1v) is 16.2. The maximum absolute atomic E-state index is 11.8. The molecule has 0 bridgehead atoms. The smallest absolute Gasteiger partial charge is 0.338 e.